The maximum atomic E-state index is 13.2. The van der Waals surface area contributed by atoms with E-state index in [0.717, 1.165) is 25.1 Å². The highest BCUT2D eigenvalue weighted by molar-refractivity contribution is 5.92. The van der Waals surface area contributed by atoms with Crippen LogP contribution in [0.2, 0.25) is 0 Å². The van der Waals surface area contributed by atoms with Gasteiger partial charge < -0.3 is 4.90 Å². The van der Waals surface area contributed by atoms with Gasteiger partial charge in [-0.3, -0.25) is 9.78 Å². The number of rotatable bonds is 2. The molecule has 1 aromatic carbocycles. The standard InChI is InChI=1S/C19H19FN4O/c1-12-3-2-10-24(11-12)19-22-17-16(18(25)23-19)15(8-9-21-17)13-4-6-14(20)7-5-13/h4-9,12H,2-3,10-11H2,1H3,(H,21,22,23,25). The van der Waals surface area contributed by atoms with Gasteiger partial charge in [0.05, 0.1) is 5.39 Å². The second-order valence-corrected chi connectivity index (χ2v) is 6.65. The lowest BCUT2D eigenvalue weighted by Gasteiger charge is -2.31. The quantitative estimate of drug-likeness (QED) is 0.778. The lowest BCUT2D eigenvalue weighted by molar-refractivity contribution is 0.442. The molecule has 5 nitrogen and oxygen atoms in total. The van der Waals surface area contributed by atoms with E-state index in [9.17, 15) is 9.18 Å². The number of halogens is 1. The van der Waals surface area contributed by atoms with Gasteiger partial charge >= 0.3 is 0 Å². The summed E-state index contributed by atoms with van der Waals surface area (Å²) in [4.78, 5) is 26.6. The minimum absolute atomic E-state index is 0.217. The first-order chi connectivity index (χ1) is 12.1. The monoisotopic (exact) mass is 338 g/mol. The van der Waals surface area contributed by atoms with Gasteiger partial charge in [0.15, 0.2) is 5.65 Å². The predicted octanol–water partition coefficient (Wildman–Crippen LogP) is 3.36. The summed E-state index contributed by atoms with van der Waals surface area (Å²) in [6.45, 7) is 3.97. The van der Waals surface area contributed by atoms with Crippen molar-refractivity contribution in [2.24, 2.45) is 5.92 Å². The van der Waals surface area contributed by atoms with E-state index < -0.39 is 0 Å². The normalized spacial score (nSPS) is 17.8. The average molecular weight is 338 g/mol. The van der Waals surface area contributed by atoms with Crippen LogP contribution in [0.5, 0.6) is 0 Å². The van der Waals surface area contributed by atoms with Crippen molar-refractivity contribution >= 4 is 17.0 Å². The number of nitrogens with one attached hydrogen (secondary N) is 1. The van der Waals surface area contributed by atoms with Crippen LogP contribution >= 0.6 is 0 Å². The van der Waals surface area contributed by atoms with E-state index >= 15 is 0 Å². The Bertz CT molecular complexity index is 967. The molecule has 1 fully saturated rings. The number of benzene rings is 1. The molecule has 0 spiro atoms. The molecule has 6 heteroatoms. The van der Waals surface area contributed by atoms with Crippen molar-refractivity contribution in [1.29, 1.82) is 0 Å². The van der Waals surface area contributed by atoms with Gasteiger partial charge in [0.25, 0.3) is 5.56 Å². The highest BCUT2D eigenvalue weighted by Gasteiger charge is 2.20. The summed E-state index contributed by atoms with van der Waals surface area (Å²) in [6, 6.07) is 7.84. The maximum absolute atomic E-state index is 13.2. The van der Waals surface area contributed by atoms with Crippen molar-refractivity contribution < 1.29 is 4.39 Å². The summed E-state index contributed by atoms with van der Waals surface area (Å²) in [5.41, 5.74) is 1.67. The van der Waals surface area contributed by atoms with E-state index in [1.807, 2.05) is 0 Å². The van der Waals surface area contributed by atoms with Gasteiger partial charge in [0, 0.05) is 19.3 Å². The van der Waals surface area contributed by atoms with Crippen LogP contribution in [-0.4, -0.2) is 28.0 Å². The van der Waals surface area contributed by atoms with Crippen LogP contribution in [0.25, 0.3) is 22.2 Å². The molecule has 3 heterocycles. The summed E-state index contributed by atoms with van der Waals surface area (Å²) in [5.74, 6) is 0.844. The Labute approximate surface area is 144 Å². The first-order valence-electron chi connectivity index (χ1n) is 8.52. The van der Waals surface area contributed by atoms with Crippen molar-refractivity contribution in [3.8, 4) is 11.1 Å². The fraction of sp³-hybridized carbons (Fsp3) is 0.316. The van der Waals surface area contributed by atoms with Gasteiger partial charge in [-0.05, 0) is 48.1 Å². The molecule has 1 saturated heterocycles. The zero-order valence-electron chi connectivity index (χ0n) is 14.0. The first kappa shape index (κ1) is 15.7. The van der Waals surface area contributed by atoms with Crippen LogP contribution in [0.4, 0.5) is 10.3 Å². The van der Waals surface area contributed by atoms with E-state index in [0.29, 0.717) is 28.5 Å². The number of aromatic nitrogens is 3. The largest absolute Gasteiger partial charge is 0.342 e. The molecule has 1 unspecified atom stereocenters. The highest BCUT2D eigenvalue weighted by atomic mass is 19.1. The second-order valence-electron chi connectivity index (χ2n) is 6.65. The third-order valence-electron chi connectivity index (χ3n) is 4.71. The van der Waals surface area contributed by atoms with E-state index in [-0.39, 0.29) is 11.4 Å². The minimum Gasteiger partial charge on any atom is -0.342 e. The van der Waals surface area contributed by atoms with Crippen molar-refractivity contribution in [3.63, 3.8) is 0 Å². The Morgan fingerprint density at radius 3 is 2.80 bits per heavy atom. The van der Waals surface area contributed by atoms with E-state index in [2.05, 4.69) is 26.8 Å². The van der Waals surface area contributed by atoms with Crippen LogP contribution < -0.4 is 10.5 Å². The molecule has 1 aliphatic rings. The molecular formula is C19H19FN4O. The summed E-state index contributed by atoms with van der Waals surface area (Å²) >= 11 is 0. The second kappa shape index (κ2) is 6.27. The number of fused-ring (bicyclic) bond motifs is 1. The Kier molecular flexibility index (Phi) is 3.95. The molecule has 1 aliphatic heterocycles. The molecule has 0 bridgehead atoms. The molecule has 1 atom stereocenters. The molecule has 2 aromatic heterocycles. The lowest BCUT2D eigenvalue weighted by atomic mass is 10.0. The van der Waals surface area contributed by atoms with Gasteiger partial charge in [-0.25, -0.2) is 9.37 Å². The predicted molar refractivity (Wildman–Crippen MR) is 96.2 cm³/mol. The van der Waals surface area contributed by atoms with E-state index in [4.69, 9.17) is 0 Å². The highest BCUT2D eigenvalue weighted by Crippen LogP contribution is 2.26. The smallest absolute Gasteiger partial charge is 0.262 e. The fourth-order valence-electron chi connectivity index (χ4n) is 3.45. The number of pyridine rings is 1. The maximum Gasteiger partial charge on any atom is 0.262 e. The third-order valence-corrected chi connectivity index (χ3v) is 4.71. The molecule has 25 heavy (non-hydrogen) atoms. The molecule has 0 amide bonds. The summed E-state index contributed by atoms with van der Waals surface area (Å²) < 4.78 is 13.2. The molecule has 1 N–H and O–H groups in total. The van der Waals surface area contributed by atoms with Gasteiger partial charge in [0.1, 0.15) is 5.82 Å². The molecule has 4 rings (SSSR count). The Balaban J connectivity index is 1.83. The van der Waals surface area contributed by atoms with Crippen molar-refractivity contribution in [3.05, 3.63) is 52.7 Å². The van der Waals surface area contributed by atoms with Crippen molar-refractivity contribution in [1.82, 2.24) is 15.0 Å². The fourth-order valence-corrected chi connectivity index (χ4v) is 3.45. The first-order valence-corrected chi connectivity index (χ1v) is 8.52. The molecule has 3 aromatic rings. The van der Waals surface area contributed by atoms with Crippen LogP contribution in [0.15, 0.2) is 41.3 Å². The molecule has 0 saturated carbocycles. The van der Waals surface area contributed by atoms with Gasteiger partial charge in [-0.15, -0.1) is 0 Å². The van der Waals surface area contributed by atoms with Crippen LogP contribution in [0.3, 0.4) is 0 Å². The summed E-state index contributed by atoms with van der Waals surface area (Å²) in [5, 5.41) is 0.433. The summed E-state index contributed by atoms with van der Waals surface area (Å²) in [7, 11) is 0. The molecule has 128 valence electrons. The summed E-state index contributed by atoms with van der Waals surface area (Å²) in [6.07, 6.45) is 3.92. The number of hydrogen-bond acceptors (Lipinski definition) is 4. The molecule has 0 radical (unpaired) electrons. The molecule has 0 aliphatic carbocycles. The van der Waals surface area contributed by atoms with Crippen molar-refractivity contribution in [2.45, 2.75) is 19.8 Å². The number of aromatic amines is 1. The number of piperidine rings is 1. The Hall–Kier alpha value is -2.76. The van der Waals surface area contributed by atoms with Gasteiger partial charge in [-0.1, -0.05) is 19.1 Å². The Morgan fingerprint density at radius 2 is 2.04 bits per heavy atom. The number of hydrogen-bond donors (Lipinski definition) is 1. The van der Waals surface area contributed by atoms with Gasteiger partial charge in [-0.2, -0.15) is 4.98 Å². The van der Waals surface area contributed by atoms with E-state index in [1.54, 1.807) is 24.4 Å². The zero-order valence-corrected chi connectivity index (χ0v) is 14.0. The van der Waals surface area contributed by atoms with Crippen LogP contribution in [0, 0.1) is 11.7 Å². The molecular weight excluding hydrogens is 319 g/mol. The zero-order chi connectivity index (χ0) is 17.4. The average Bonchev–Trinajstić information content (AvgIpc) is 2.62. The van der Waals surface area contributed by atoms with Crippen LogP contribution in [-0.2, 0) is 0 Å². The lowest BCUT2D eigenvalue weighted by Crippen LogP contribution is -2.36. The topological polar surface area (TPSA) is 61.9 Å². The third kappa shape index (κ3) is 2.99. The van der Waals surface area contributed by atoms with Crippen molar-refractivity contribution in [2.75, 3.05) is 18.0 Å². The number of anilines is 1. The Morgan fingerprint density at radius 1 is 1.24 bits per heavy atom. The van der Waals surface area contributed by atoms with E-state index in [1.165, 1.54) is 18.6 Å². The van der Waals surface area contributed by atoms with Crippen LogP contribution in [0.1, 0.15) is 19.8 Å². The number of nitrogens with zero attached hydrogens (tertiary/aromatic N) is 3. The SMILES string of the molecule is CC1CCCN(c2nc3nccc(-c4ccc(F)cc4)c3c(=O)[nH]2)C1. The minimum atomic E-state index is -0.310. The van der Waals surface area contributed by atoms with Gasteiger partial charge in [0.2, 0.25) is 5.95 Å². The number of H-pyrrole nitrogens is 1.